The fraction of sp³-hybridized carbons (Fsp3) is 0.190. The number of carbonyl (C=O) groups is 1. The molecule has 110 valence electrons. The van der Waals surface area contributed by atoms with Crippen LogP contribution in [-0.4, -0.2) is 5.78 Å². The lowest BCUT2D eigenvalue weighted by Gasteiger charge is -2.18. The van der Waals surface area contributed by atoms with Gasteiger partial charge in [0.1, 0.15) is 0 Å². The summed E-state index contributed by atoms with van der Waals surface area (Å²) >= 11 is 0. The first kappa shape index (κ1) is 14.5. The third-order valence-corrected chi connectivity index (χ3v) is 4.32. The molecule has 2 aromatic rings. The molecule has 1 aliphatic rings. The van der Waals surface area contributed by atoms with Crippen LogP contribution >= 0.6 is 0 Å². The van der Waals surface area contributed by atoms with Crippen LogP contribution in [0, 0.1) is 0 Å². The van der Waals surface area contributed by atoms with Crippen molar-refractivity contribution in [2.24, 2.45) is 0 Å². The van der Waals surface area contributed by atoms with E-state index >= 15 is 0 Å². The fourth-order valence-electron chi connectivity index (χ4n) is 3.31. The van der Waals surface area contributed by atoms with Gasteiger partial charge in [0.05, 0.1) is 0 Å². The van der Waals surface area contributed by atoms with Crippen molar-refractivity contribution in [1.29, 1.82) is 0 Å². The van der Waals surface area contributed by atoms with E-state index in [1.165, 1.54) is 5.56 Å². The summed E-state index contributed by atoms with van der Waals surface area (Å²) in [7, 11) is 0. The Hall–Kier alpha value is -2.41. The highest BCUT2D eigenvalue weighted by Gasteiger charge is 2.37. The quantitative estimate of drug-likeness (QED) is 0.697. The molecule has 2 aromatic carbocycles. The van der Waals surface area contributed by atoms with Crippen molar-refractivity contribution in [3.8, 4) is 0 Å². The second-order valence-electron chi connectivity index (χ2n) is 5.99. The molecule has 0 amide bonds. The first-order valence-electron chi connectivity index (χ1n) is 7.64. The normalized spacial score (nSPS) is 18.0. The summed E-state index contributed by atoms with van der Waals surface area (Å²) in [6, 6.07) is 20.6. The first-order valence-corrected chi connectivity index (χ1v) is 7.64. The Morgan fingerprint density at radius 2 is 1.41 bits per heavy atom. The summed E-state index contributed by atoms with van der Waals surface area (Å²) in [6.07, 6.45) is 0. The van der Waals surface area contributed by atoms with Crippen LogP contribution in [0.5, 0.6) is 0 Å². The van der Waals surface area contributed by atoms with Gasteiger partial charge in [0.15, 0.2) is 5.78 Å². The van der Waals surface area contributed by atoms with E-state index in [0.29, 0.717) is 0 Å². The van der Waals surface area contributed by atoms with Crippen LogP contribution in [0.3, 0.4) is 0 Å². The maximum atomic E-state index is 12.8. The van der Waals surface area contributed by atoms with Crippen molar-refractivity contribution in [2.45, 2.75) is 26.7 Å². The summed E-state index contributed by atoms with van der Waals surface area (Å²) in [5.41, 5.74) is 6.37. The summed E-state index contributed by atoms with van der Waals surface area (Å²) in [5.74, 6) is 0.230. The molecule has 1 heteroatoms. The number of ketones is 1. The van der Waals surface area contributed by atoms with Crippen LogP contribution in [-0.2, 0) is 4.79 Å². The van der Waals surface area contributed by atoms with Crippen molar-refractivity contribution in [2.75, 3.05) is 0 Å². The smallest absolute Gasteiger partial charge is 0.185 e. The van der Waals surface area contributed by atoms with Gasteiger partial charge in [-0.2, -0.15) is 0 Å². The zero-order valence-electron chi connectivity index (χ0n) is 13.3. The van der Waals surface area contributed by atoms with Gasteiger partial charge in [-0.05, 0) is 37.5 Å². The molecule has 3 rings (SSSR count). The van der Waals surface area contributed by atoms with Gasteiger partial charge in [0.25, 0.3) is 0 Å². The number of allylic oxidation sites excluding steroid dienone is 4. The fourth-order valence-corrected chi connectivity index (χ4v) is 3.31. The van der Waals surface area contributed by atoms with E-state index in [2.05, 4.69) is 24.3 Å². The number of hydrogen-bond donors (Lipinski definition) is 0. The van der Waals surface area contributed by atoms with Gasteiger partial charge < -0.3 is 0 Å². The predicted molar refractivity (Wildman–Crippen MR) is 91.6 cm³/mol. The lowest BCUT2D eigenvalue weighted by Crippen LogP contribution is -2.06. The lowest BCUT2D eigenvalue weighted by molar-refractivity contribution is -0.112. The molecule has 1 atom stereocenters. The molecule has 0 fully saturated rings. The second-order valence-corrected chi connectivity index (χ2v) is 5.99. The van der Waals surface area contributed by atoms with Crippen molar-refractivity contribution < 1.29 is 4.79 Å². The van der Waals surface area contributed by atoms with Crippen molar-refractivity contribution in [3.05, 3.63) is 88.5 Å². The van der Waals surface area contributed by atoms with Gasteiger partial charge in [-0.1, -0.05) is 66.2 Å². The second kappa shape index (κ2) is 5.76. The molecule has 0 heterocycles. The number of benzene rings is 2. The Morgan fingerprint density at radius 1 is 0.864 bits per heavy atom. The van der Waals surface area contributed by atoms with Crippen LogP contribution in [0.15, 0.2) is 77.4 Å². The first-order chi connectivity index (χ1) is 10.6. The molecule has 22 heavy (non-hydrogen) atoms. The Kier molecular flexibility index (Phi) is 3.81. The van der Waals surface area contributed by atoms with E-state index in [1.54, 1.807) is 0 Å². The highest BCUT2D eigenvalue weighted by atomic mass is 16.1. The minimum absolute atomic E-state index is 0.0427. The third kappa shape index (κ3) is 2.33. The predicted octanol–water partition coefficient (Wildman–Crippen LogP) is 5.16. The van der Waals surface area contributed by atoms with Gasteiger partial charge in [0.2, 0.25) is 0 Å². The van der Waals surface area contributed by atoms with Crippen LogP contribution in [0.25, 0.3) is 5.57 Å². The number of Topliss-reactive ketones (excluding diaryl/α,β-unsaturated/α-hetero) is 1. The molecule has 0 saturated heterocycles. The molecule has 0 N–H and O–H groups in total. The van der Waals surface area contributed by atoms with Gasteiger partial charge in [-0.25, -0.2) is 0 Å². The van der Waals surface area contributed by atoms with Gasteiger partial charge in [-0.3, -0.25) is 4.79 Å². The topological polar surface area (TPSA) is 17.1 Å². The largest absolute Gasteiger partial charge is 0.289 e. The van der Waals surface area contributed by atoms with Crippen LogP contribution < -0.4 is 0 Å². The maximum Gasteiger partial charge on any atom is 0.185 e. The SMILES string of the molecule is CC(C)=C1C(=O)C(C)=C(c2ccccc2)C1c1ccccc1. The van der Waals surface area contributed by atoms with E-state index in [-0.39, 0.29) is 11.7 Å². The minimum atomic E-state index is 0.0427. The Morgan fingerprint density at radius 3 is 1.95 bits per heavy atom. The molecular formula is C21H20O. The summed E-state index contributed by atoms with van der Waals surface area (Å²) < 4.78 is 0. The third-order valence-electron chi connectivity index (χ3n) is 4.32. The molecule has 0 aromatic heterocycles. The van der Waals surface area contributed by atoms with E-state index in [1.807, 2.05) is 57.2 Å². The number of hydrogen-bond acceptors (Lipinski definition) is 1. The van der Waals surface area contributed by atoms with Gasteiger partial charge in [0, 0.05) is 17.1 Å². The maximum absolute atomic E-state index is 12.8. The standard InChI is InChI=1S/C21H20O/c1-14(2)18-20(17-12-8-5-9-13-17)19(15(3)21(18)22)16-10-6-4-7-11-16/h4-13,20H,1-3H3. The van der Waals surface area contributed by atoms with E-state index in [9.17, 15) is 4.79 Å². The monoisotopic (exact) mass is 288 g/mol. The molecular weight excluding hydrogens is 268 g/mol. The van der Waals surface area contributed by atoms with E-state index < -0.39 is 0 Å². The van der Waals surface area contributed by atoms with Crippen LogP contribution in [0.1, 0.15) is 37.8 Å². The average Bonchev–Trinajstić information content (AvgIpc) is 2.81. The molecule has 1 unspecified atom stereocenters. The van der Waals surface area contributed by atoms with E-state index in [0.717, 1.165) is 27.9 Å². The molecule has 0 aliphatic heterocycles. The van der Waals surface area contributed by atoms with Crippen LogP contribution in [0.2, 0.25) is 0 Å². The number of carbonyl (C=O) groups excluding carboxylic acids is 1. The molecule has 0 spiro atoms. The molecule has 1 nitrogen and oxygen atoms in total. The molecule has 1 aliphatic carbocycles. The molecule has 0 saturated carbocycles. The molecule has 0 bridgehead atoms. The van der Waals surface area contributed by atoms with Gasteiger partial charge >= 0.3 is 0 Å². The Bertz CT molecular complexity index is 760. The minimum Gasteiger partial charge on any atom is -0.289 e. The van der Waals surface area contributed by atoms with Crippen molar-refractivity contribution in [3.63, 3.8) is 0 Å². The Labute approximate surface area is 132 Å². The zero-order valence-corrected chi connectivity index (χ0v) is 13.3. The van der Waals surface area contributed by atoms with E-state index in [4.69, 9.17) is 0 Å². The highest BCUT2D eigenvalue weighted by Crippen LogP contribution is 2.47. The summed E-state index contributed by atoms with van der Waals surface area (Å²) in [6.45, 7) is 6.02. The van der Waals surface area contributed by atoms with Crippen molar-refractivity contribution in [1.82, 2.24) is 0 Å². The van der Waals surface area contributed by atoms with Crippen LogP contribution in [0.4, 0.5) is 0 Å². The molecule has 0 radical (unpaired) electrons. The summed E-state index contributed by atoms with van der Waals surface area (Å²) in [4.78, 5) is 12.8. The highest BCUT2D eigenvalue weighted by molar-refractivity contribution is 6.20. The van der Waals surface area contributed by atoms with Crippen molar-refractivity contribution >= 4 is 11.4 Å². The van der Waals surface area contributed by atoms with Gasteiger partial charge in [-0.15, -0.1) is 0 Å². The Balaban J connectivity index is 2.25. The average molecular weight is 288 g/mol. The summed E-state index contributed by atoms with van der Waals surface area (Å²) in [5, 5.41) is 0. The number of rotatable bonds is 2. The lowest BCUT2D eigenvalue weighted by atomic mass is 9.84. The zero-order chi connectivity index (χ0) is 15.7.